The third-order valence-corrected chi connectivity index (χ3v) is 4.85. The molecule has 0 fully saturated rings. The number of hydrogen-bond donors (Lipinski definition) is 2. The summed E-state index contributed by atoms with van der Waals surface area (Å²) in [4.78, 5) is 34.8. The smallest absolute Gasteiger partial charge is 0.336 e. The Kier molecular flexibility index (Phi) is 7.43. The highest BCUT2D eigenvalue weighted by Gasteiger charge is 2.15. The van der Waals surface area contributed by atoms with E-state index in [-0.39, 0.29) is 12.3 Å². The lowest BCUT2D eigenvalue weighted by molar-refractivity contribution is -0.137. The molecule has 3 aromatic rings. The summed E-state index contributed by atoms with van der Waals surface area (Å²) in [6.45, 7) is 2.10. The van der Waals surface area contributed by atoms with E-state index in [1.807, 2.05) is 36.4 Å². The maximum Gasteiger partial charge on any atom is 0.336 e. The summed E-state index contributed by atoms with van der Waals surface area (Å²) < 4.78 is 11.1. The molecule has 0 saturated carbocycles. The van der Waals surface area contributed by atoms with Crippen LogP contribution in [0.3, 0.4) is 0 Å². The molecule has 7 heteroatoms. The van der Waals surface area contributed by atoms with E-state index in [1.54, 1.807) is 19.1 Å². The van der Waals surface area contributed by atoms with Crippen molar-refractivity contribution in [3.05, 3.63) is 65.0 Å². The molecule has 0 aliphatic rings. The van der Waals surface area contributed by atoms with Gasteiger partial charge in [-0.3, -0.25) is 9.59 Å². The Bertz CT molecular complexity index is 1110. The lowest BCUT2D eigenvalue weighted by atomic mass is 10.0. The fourth-order valence-corrected chi connectivity index (χ4v) is 3.26. The maximum absolute atomic E-state index is 12.2. The monoisotopic (exact) mass is 423 g/mol. The number of ether oxygens (including phenoxy) is 1. The van der Waals surface area contributed by atoms with Crippen molar-refractivity contribution < 1.29 is 23.8 Å². The fourth-order valence-electron chi connectivity index (χ4n) is 3.26. The Balaban J connectivity index is 1.63. The van der Waals surface area contributed by atoms with Crippen LogP contribution in [-0.4, -0.2) is 29.6 Å². The molecule has 1 heterocycles. The molecule has 2 N–H and O–H groups in total. The summed E-state index contributed by atoms with van der Waals surface area (Å²) in [5.41, 5.74) is 1.60. The number of fused-ring (bicyclic) bond motifs is 1. The molecule has 1 aromatic heterocycles. The number of nitrogens with one attached hydrogen (secondary N) is 1. The Morgan fingerprint density at radius 2 is 1.84 bits per heavy atom. The predicted octanol–water partition coefficient (Wildman–Crippen LogP) is 3.99. The van der Waals surface area contributed by atoms with E-state index in [9.17, 15) is 14.4 Å². The van der Waals surface area contributed by atoms with Crippen LogP contribution in [0.15, 0.2) is 63.8 Å². The minimum Gasteiger partial charge on any atom is -0.481 e. The van der Waals surface area contributed by atoms with Crippen LogP contribution in [0, 0.1) is 0 Å². The Labute approximate surface area is 179 Å². The van der Waals surface area contributed by atoms with Crippen LogP contribution in [0.2, 0.25) is 0 Å². The second-order valence-corrected chi connectivity index (χ2v) is 7.26. The third-order valence-electron chi connectivity index (χ3n) is 4.85. The minimum absolute atomic E-state index is 0.136. The second kappa shape index (κ2) is 10.4. The van der Waals surface area contributed by atoms with E-state index in [4.69, 9.17) is 14.3 Å². The zero-order chi connectivity index (χ0) is 22.2. The second-order valence-electron chi connectivity index (χ2n) is 7.26. The van der Waals surface area contributed by atoms with E-state index >= 15 is 0 Å². The topological polar surface area (TPSA) is 106 Å². The van der Waals surface area contributed by atoms with Crippen molar-refractivity contribution >= 4 is 22.8 Å². The van der Waals surface area contributed by atoms with Gasteiger partial charge in [0.05, 0.1) is 0 Å². The summed E-state index contributed by atoms with van der Waals surface area (Å²) in [7, 11) is 0. The number of benzene rings is 2. The van der Waals surface area contributed by atoms with Crippen molar-refractivity contribution in [2.75, 3.05) is 6.54 Å². The van der Waals surface area contributed by atoms with Crippen molar-refractivity contribution in [3.63, 3.8) is 0 Å². The normalized spacial score (nSPS) is 11.8. The SMILES string of the molecule is C[C@@H](Oc1ccc2c(-c3ccccc3)cc(=O)oc2c1)C(=O)NCCCCCC(=O)O. The molecular weight excluding hydrogens is 398 g/mol. The number of carboxylic acids is 1. The lowest BCUT2D eigenvalue weighted by Crippen LogP contribution is -2.36. The summed E-state index contributed by atoms with van der Waals surface area (Å²) in [5.74, 6) is -0.657. The molecule has 0 bridgehead atoms. The molecule has 162 valence electrons. The molecule has 0 aliphatic carbocycles. The molecule has 0 radical (unpaired) electrons. The van der Waals surface area contributed by atoms with Crippen LogP contribution < -0.4 is 15.7 Å². The van der Waals surface area contributed by atoms with Gasteiger partial charge in [-0.05, 0) is 43.0 Å². The zero-order valence-corrected chi connectivity index (χ0v) is 17.3. The Hall–Kier alpha value is -3.61. The van der Waals surface area contributed by atoms with Crippen molar-refractivity contribution in [3.8, 4) is 16.9 Å². The number of rotatable bonds is 10. The van der Waals surface area contributed by atoms with E-state index in [0.29, 0.717) is 30.7 Å². The summed E-state index contributed by atoms with van der Waals surface area (Å²) in [5, 5.41) is 12.2. The first-order valence-electron chi connectivity index (χ1n) is 10.2. The minimum atomic E-state index is -0.812. The number of hydrogen-bond acceptors (Lipinski definition) is 5. The van der Waals surface area contributed by atoms with Crippen LogP contribution in [-0.2, 0) is 9.59 Å². The average Bonchev–Trinajstić information content (AvgIpc) is 2.75. The molecule has 1 atom stereocenters. The van der Waals surface area contributed by atoms with Gasteiger partial charge in [0.15, 0.2) is 6.10 Å². The van der Waals surface area contributed by atoms with Crippen LogP contribution in [0.25, 0.3) is 22.1 Å². The van der Waals surface area contributed by atoms with E-state index < -0.39 is 17.7 Å². The first kappa shape index (κ1) is 22.1. The van der Waals surface area contributed by atoms with Crippen molar-refractivity contribution in [2.24, 2.45) is 0 Å². The molecule has 3 rings (SSSR count). The van der Waals surface area contributed by atoms with Crippen LogP contribution in [0.1, 0.15) is 32.6 Å². The van der Waals surface area contributed by atoms with Gasteiger partial charge in [-0.25, -0.2) is 4.79 Å². The number of unbranched alkanes of at least 4 members (excludes halogenated alkanes) is 2. The number of carboxylic acid groups (broad SMARTS) is 1. The number of amides is 1. The van der Waals surface area contributed by atoms with Gasteiger partial charge in [0.1, 0.15) is 11.3 Å². The quantitative estimate of drug-likeness (QED) is 0.377. The van der Waals surface area contributed by atoms with Crippen molar-refractivity contribution in [1.29, 1.82) is 0 Å². The molecule has 7 nitrogen and oxygen atoms in total. The standard InChI is InChI=1S/C24H25NO6/c1-16(24(29)25-13-7-3-6-10-22(26)27)30-18-11-12-19-20(17-8-4-2-5-9-17)15-23(28)31-21(19)14-18/h2,4-5,8-9,11-12,14-16H,3,6-7,10,13H2,1H3,(H,25,29)(H,26,27)/t16-/m1/s1. The molecular formula is C24H25NO6. The average molecular weight is 423 g/mol. The first-order valence-corrected chi connectivity index (χ1v) is 10.2. The Morgan fingerprint density at radius 1 is 1.06 bits per heavy atom. The molecule has 0 aliphatic heterocycles. The number of carbonyl (C=O) groups excluding carboxylic acids is 1. The van der Waals surface area contributed by atoms with Gasteiger partial charge in [0, 0.05) is 30.5 Å². The predicted molar refractivity (Wildman–Crippen MR) is 117 cm³/mol. The molecule has 0 unspecified atom stereocenters. The number of aliphatic carboxylic acids is 1. The fraction of sp³-hybridized carbons (Fsp3) is 0.292. The summed E-state index contributed by atoms with van der Waals surface area (Å²) in [6, 6.07) is 16.2. The third kappa shape index (κ3) is 6.18. The van der Waals surface area contributed by atoms with Crippen molar-refractivity contribution in [1.82, 2.24) is 5.32 Å². The highest BCUT2D eigenvalue weighted by molar-refractivity contribution is 5.93. The van der Waals surface area contributed by atoms with Gasteiger partial charge in [-0.1, -0.05) is 36.8 Å². The van der Waals surface area contributed by atoms with E-state index in [0.717, 1.165) is 22.9 Å². The maximum atomic E-state index is 12.2. The van der Waals surface area contributed by atoms with Gasteiger partial charge < -0.3 is 19.6 Å². The summed E-state index contributed by atoms with van der Waals surface area (Å²) in [6.07, 6.45) is 1.42. The largest absolute Gasteiger partial charge is 0.481 e. The van der Waals surface area contributed by atoms with Gasteiger partial charge in [0.25, 0.3) is 5.91 Å². The van der Waals surface area contributed by atoms with Gasteiger partial charge in [0.2, 0.25) is 0 Å². The zero-order valence-electron chi connectivity index (χ0n) is 17.3. The number of carbonyl (C=O) groups is 2. The molecule has 0 spiro atoms. The molecule has 0 saturated heterocycles. The van der Waals surface area contributed by atoms with Gasteiger partial charge >= 0.3 is 11.6 Å². The van der Waals surface area contributed by atoms with Crippen LogP contribution in [0.5, 0.6) is 5.75 Å². The highest BCUT2D eigenvalue weighted by Crippen LogP contribution is 2.29. The van der Waals surface area contributed by atoms with Gasteiger partial charge in [-0.15, -0.1) is 0 Å². The first-order chi connectivity index (χ1) is 14.9. The van der Waals surface area contributed by atoms with Crippen LogP contribution >= 0.6 is 0 Å². The highest BCUT2D eigenvalue weighted by atomic mass is 16.5. The molecule has 2 aromatic carbocycles. The molecule has 31 heavy (non-hydrogen) atoms. The van der Waals surface area contributed by atoms with Gasteiger partial charge in [-0.2, -0.15) is 0 Å². The van der Waals surface area contributed by atoms with Crippen molar-refractivity contribution in [2.45, 2.75) is 38.7 Å². The lowest BCUT2D eigenvalue weighted by Gasteiger charge is -2.15. The van der Waals surface area contributed by atoms with E-state index in [2.05, 4.69) is 5.32 Å². The van der Waals surface area contributed by atoms with E-state index in [1.165, 1.54) is 6.07 Å². The van der Waals surface area contributed by atoms with Crippen LogP contribution in [0.4, 0.5) is 0 Å². The molecule has 1 amide bonds. The summed E-state index contributed by atoms with van der Waals surface area (Å²) >= 11 is 0. The Morgan fingerprint density at radius 3 is 2.58 bits per heavy atom.